The standard InChI is InChI=1S/C24H28FNO5/c1-23(2,25)15-29-19-10-9-17(13-20(19)28-3)22(27)26-12-11-24(18-7-5-4-6-8-18)21(14-26)30-16-31-24/h4-10,13,21H,11-12,14-16H2,1-3H3/t21?,24-/m1/s1. The molecule has 4 rings (SSSR count). The van der Waals surface area contributed by atoms with E-state index < -0.39 is 11.3 Å². The predicted octanol–water partition coefficient (Wildman–Crippen LogP) is 3.94. The highest BCUT2D eigenvalue weighted by molar-refractivity contribution is 5.95. The molecule has 2 heterocycles. The number of rotatable bonds is 6. The first kappa shape index (κ1) is 21.6. The van der Waals surface area contributed by atoms with Gasteiger partial charge in [0.15, 0.2) is 11.5 Å². The van der Waals surface area contributed by atoms with Crippen molar-refractivity contribution in [2.24, 2.45) is 0 Å². The third-order valence-electron chi connectivity index (χ3n) is 5.78. The molecular weight excluding hydrogens is 401 g/mol. The lowest BCUT2D eigenvalue weighted by Crippen LogP contribution is -2.53. The molecule has 2 saturated heterocycles. The Kier molecular flexibility index (Phi) is 5.90. The highest BCUT2D eigenvalue weighted by atomic mass is 19.1. The quantitative estimate of drug-likeness (QED) is 0.696. The van der Waals surface area contributed by atoms with E-state index in [0.29, 0.717) is 36.6 Å². The van der Waals surface area contributed by atoms with Crippen molar-refractivity contribution in [3.8, 4) is 11.5 Å². The van der Waals surface area contributed by atoms with Crippen LogP contribution in [0.2, 0.25) is 0 Å². The van der Waals surface area contributed by atoms with Gasteiger partial charge in [-0.2, -0.15) is 0 Å². The number of hydrogen-bond donors (Lipinski definition) is 0. The van der Waals surface area contributed by atoms with Crippen LogP contribution in [0.3, 0.4) is 0 Å². The summed E-state index contributed by atoms with van der Waals surface area (Å²) in [5, 5.41) is 0. The Bertz CT molecular complexity index is 929. The molecule has 7 heteroatoms. The molecule has 0 bridgehead atoms. The third kappa shape index (κ3) is 4.38. The summed E-state index contributed by atoms with van der Waals surface area (Å²) in [4.78, 5) is 15.0. The van der Waals surface area contributed by atoms with Gasteiger partial charge in [-0.3, -0.25) is 4.79 Å². The molecule has 2 aromatic rings. The number of methoxy groups -OCH3 is 1. The first-order valence-electron chi connectivity index (χ1n) is 10.4. The average molecular weight is 429 g/mol. The minimum atomic E-state index is -1.47. The van der Waals surface area contributed by atoms with Gasteiger partial charge in [-0.1, -0.05) is 30.3 Å². The van der Waals surface area contributed by atoms with Crippen LogP contribution in [0.5, 0.6) is 11.5 Å². The van der Waals surface area contributed by atoms with Crippen LogP contribution in [0, 0.1) is 0 Å². The van der Waals surface area contributed by atoms with E-state index in [4.69, 9.17) is 18.9 Å². The topological polar surface area (TPSA) is 57.2 Å². The molecule has 2 fully saturated rings. The fraction of sp³-hybridized carbons (Fsp3) is 0.458. The Hall–Kier alpha value is -2.64. The van der Waals surface area contributed by atoms with Crippen LogP contribution in [0.4, 0.5) is 4.39 Å². The predicted molar refractivity (Wildman–Crippen MR) is 113 cm³/mol. The number of hydrogen-bond acceptors (Lipinski definition) is 5. The van der Waals surface area contributed by atoms with Crippen molar-refractivity contribution in [3.05, 3.63) is 59.7 Å². The number of amides is 1. The van der Waals surface area contributed by atoms with E-state index in [1.54, 1.807) is 23.1 Å². The van der Waals surface area contributed by atoms with Crippen molar-refractivity contribution in [2.45, 2.75) is 37.6 Å². The summed E-state index contributed by atoms with van der Waals surface area (Å²) >= 11 is 0. The molecule has 0 N–H and O–H groups in total. The van der Waals surface area contributed by atoms with E-state index >= 15 is 0 Å². The Balaban J connectivity index is 1.49. The number of fused-ring (bicyclic) bond motifs is 1. The number of ether oxygens (including phenoxy) is 4. The van der Waals surface area contributed by atoms with E-state index in [9.17, 15) is 9.18 Å². The highest BCUT2D eigenvalue weighted by Crippen LogP contribution is 2.42. The van der Waals surface area contributed by atoms with Crippen molar-refractivity contribution in [3.63, 3.8) is 0 Å². The number of benzene rings is 2. The molecule has 2 aromatic carbocycles. The first-order chi connectivity index (χ1) is 14.8. The van der Waals surface area contributed by atoms with E-state index in [1.165, 1.54) is 21.0 Å². The molecule has 2 aliphatic heterocycles. The second-order valence-electron chi connectivity index (χ2n) is 8.55. The highest BCUT2D eigenvalue weighted by Gasteiger charge is 2.51. The van der Waals surface area contributed by atoms with Gasteiger partial charge >= 0.3 is 0 Å². The number of piperidine rings is 1. The largest absolute Gasteiger partial charge is 0.493 e. The number of nitrogens with zero attached hydrogens (tertiary/aromatic N) is 1. The zero-order valence-electron chi connectivity index (χ0n) is 18.1. The van der Waals surface area contributed by atoms with Crippen LogP contribution in [0.1, 0.15) is 36.2 Å². The molecule has 166 valence electrons. The Morgan fingerprint density at radius 1 is 1.23 bits per heavy atom. The van der Waals surface area contributed by atoms with Gasteiger partial charge in [0.1, 0.15) is 30.8 Å². The van der Waals surface area contributed by atoms with E-state index in [1.807, 2.05) is 30.3 Å². The molecular formula is C24H28FNO5. The van der Waals surface area contributed by atoms with Gasteiger partial charge in [0.25, 0.3) is 5.91 Å². The maximum absolute atomic E-state index is 13.8. The van der Waals surface area contributed by atoms with Crippen LogP contribution in [-0.4, -0.2) is 56.2 Å². The Labute approximate surface area is 181 Å². The lowest BCUT2D eigenvalue weighted by molar-refractivity contribution is -0.0439. The smallest absolute Gasteiger partial charge is 0.254 e. The van der Waals surface area contributed by atoms with Crippen LogP contribution in [0.15, 0.2) is 48.5 Å². The van der Waals surface area contributed by atoms with E-state index in [-0.39, 0.29) is 25.4 Å². The fourth-order valence-corrected chi connectivity index (χ4v) is 4.14. The summed E-state index contributed by atoms with van der Waals surface area (Å²) in [5.41, 5.74) is -0.437. The lowest BCUT2D eigenvalue weighted by Gasteiger charge is -2.42. The fourth-order valence-electron chi connectivity index (χ4n) is 4.14. The molecule has 2 atom stereocenters. The van der Waals surface area contributed by atoms with Gasteiger partial charge in [-0.15, -0.1) is 0 Å². The molecule has 0 spiro atoms. The summed E-state index contributed by atoms with van der Waals surface area (Å²) in [7, 11) is 1.50. The number of carbonyl (C=O) groups is 1. The maximum atomic E-state index is 13.8. The monoisotopic (exact) mass is 429 g/mol. The molecule has 1 amide bonds. The summed E-state index contributed by atoms with van der Waals surface area (Å²) in [6.07, 6.45) is 0.418. The SMILES string of the molecule is COc1cc(C(=O)N2CC[C@]3(c4ccccc4)OCOC3C2)ccc1OCC(C)(C)F. The summed E-state index contributed by atoms with van der Waals surface area (Å²) in [5.74, 6) is 0.679. The number of halogens is 1. The summed E-state index contributed by atoms with van der Waals surface area (Å²) in [6.45, 7) is 3.97. The Morgan fingerprint density at radius 2 is 2.00 bits per heavy atom. The van der Waals surface area contributed by atoms with Crippen LogP contribution >= 0.6 is 0 Å². The van der Waals surface area contributed by atoms with Gasteiger partial charge in [0.2, 0.25) is 0 Å². The molecule has 0 aliphatic carbocycles. The van der Waals surface area contributed by atoms with Crippen molar-refractivity contribution in [2.75, 3.05) is 33.6 Å². The second-order valence-corrected chi connectivity index (χ2v) is 8.55. The second kappa shape index (κ2) is 8.48. The minimum absolute atomic E-state index is 0.108. The van der Waals surface area contributed by atoms with Gasteiger partial charge in [-0.25, -0.2) is 4.39 Å². The third-order valence-corrected chi connectivity index (χ3v) is 5.78. The Morgan fingerprint density at radius 3 is 2.71 bits per heavy atom. The zero-order valence-corrected chi connectivity index (χ0v) is 18.1. The number of likely N-dealkylation sites (tertiary alicyclic amines) is 1. The molecule has 0 radical (unpaired) electrons. The van der Waals surface area contributed by atoms with Crippen molar-refractivity contribution >= 4 is 5.91 Å². The zero-order chi connectivity index (χ0) is 22.1. The van der Waals surface area contributed by atoms with Crippen LogP contribution in [0.25, 0.3) is 0 Å². The lowest BCUT2D eigenvalue weighted by atomic mass is 9.82. The molecule has 0 saturated carbocycles. The normalized spacial score (nSPS) is 23.4. The van der Waals surface area contributed by atoms with E-state index in [0.717, 1.165) is 5.56 Å². The molecule has 6 nitrogen and oxygen atoms in total. The van der Waals surface area contributed by atoms with Crippen molar-refractivity contribution < 1.29 is 28.1 Å². The summed E-state index contributed by atoms with van der Waals surface area (Å²) in [6, 6.07) is 15.0. The van der Waals surface area contributed by atoms with Gasteiger partial charge in [-0.05, 0) is 37.6 Å². The average Bonchev–Trinajstić information content (AvgIpc) is 3.21. The van der Waals surface area contributed by atoms with Crippen LogP contribution < -0.4 is 9.47 Å². The number of carbonyl (C=O) groups excluding carboxylic acids is 1. The first-order valence-corrected chi connectivity index (χ1v) is 10.4. The van der Waals surface area contributed by atoms with E-state index in [2.05, 4.69) is 0 Å². The van der Waals surface area contributed by atoms with Crippen molar-refractivity contribution in [1.82, 2.24) is 4.90 Å². The van der Waals surface area contributed by atoms with Crippen molar-refractivity contribution in [1.29, 1.82) is 0 Å². The maximum Gasteiger partial charge on any atom is 0.254 e. The number of alkyl halides is 1. The molecule has 2 aliphatic rings. The van der Waals surface area contributed by atoms with Crippen LogP contribution in [-0.2, 0) is 15.1 Å². The molecule has 31 heavy (non-hydrogen) atoms. The molecule has 1 unspecified atom stereocenters. The minimum Gasteiger partial charge on any atom is -0.493 e. The molecule has 0 aromatic heterocycles. The van der Waals surface area contributed by atoms with Gasteiger partial charge in [0, 0.05) is 18.5 Å². The van der Waals surface area contributed by atoms with Gasteiger partial charge < -0.3 is 23.8 Å². The van der Waals surface area contributed by atoms with Gasteiger partial charge in [0.05, 0.1) is 13.7 Å². The summed E-state index contributed by atoms with van der Waals surface area (Å²) < 4.78 is 36.6.